The second-order valence-corrected chi connectivity index (χ2v) is 4.06. The van der Waals surface area contributed by atoms with Crippen molar-refractivity contribution >= 4 is 11.7 Å². The fourth-order valence-corrected chi connectivity index (χ4v) is 1.58. The van der Waals surface area contributed by atoms with Gasteiger partial charge in [0.2, 0.25) is 5.82 Å². The summed E-state index contributed by atoms with van der Waals surface area (Å²) in [6.45, 7) is 4.16. The zero-order valence-corrected chi connectivity index (χ0v) is 10.5. The van der Waals surface area contributed by atoms with E-state index in [0.717, 1.165) is 5.69 Å². The topological polar surface area (TPSA) is 81.4 Å². The number of rotatable bonds is 4. The van der Waals surface area contributed by atoms with E-state index in [9.17, 15) is 4.79 Å². The van der Waals surface area contributed by atoms with Crippen LogP contribution < -0.4 is 5.32 Å². The van der Waals surface area contributed by atoms with Gasteiger partial charge in [0, 0.05) is 25.0 Å². The first-order valence-corrected chi connectivity index (χ1v) is 5.60. The van der Waals surface area contributed by atoms with Crippen molar-refractivity contribution in [1.29, 1.82) is 0 Å². The second-order valence-electron chi connectivity index (χ2n) is 4.06. The minimum atomic E-state index is -0.329. The van der Waals surface area contributed by atoms with E-state index in [4.69, 9.17) is 4.74 Å². The van der Waals surface area contributed by atoms with Crippen LogP contribution in [0.3, 0.4) is 0 Å². The van der Waals surface area contributed by atoms with E-state index in [1.54, 1.807) is 19.4 Å². The van der Waals surface area contributed by atoms with Crippen LogP contribution in [0.5, 0.6) is 0 Å². The molecule has 1 unspecified atom stereocenters. The van der Waals surface area contributed by atoms with Gasteiger partial charge in [-0.2, -0.15) is 4.98 Å². The van der Waals surface area contributed by atoms with Crippen molar-refractivity contribution in [2.75, 3.05) is 13.7 Å². The highest BCUT2D eigenvalue weighted by atomic mass is 16.5. The maximum atomic E-state index is 11.9. The van der Waals surface area contributed by atoms with E-state index < -0.39 is 0 Å². The summed E-state index contributed by atoms with van der Waals surface area (Å²) >= 11 is 0. The fourth-order valence-electron chi connectivity index (χ4n) is 1.58. The van der Waals surface area contributed by atoms with Crippen molar-refractivity contribution in [2.45, 2.75) is 19.9 Å². The molecule has 0 saturated heterocycles. The average Bonchev–Trinajstić information content (AvgIpc) is 2.74. The van der Waals surface area contributed by atoms with Crippen molar-refractivity contribution in [1.82, 2.24) is 24.9 Å². The summed E-state index contributed by atoms with van der Waals surface area (Å²) in [6.07, 6.45) is 1.63. The number of aryl methyl sites for hydroxylation is 1. The molecule has 0 radical (unpaired) electrons. The maximum absolute atomic E-state index is 11.9. The van der Waals surface area contributed by atoms with Crippen molar-refractivity contribution in [2.24, 2.45) is 0 Å². The molecule has 2 rings (SSSR count). The van der Waals surface area contributed by atoms with Crippen LogP contribution in [-0.4, -0.2) is 45.2 Å². The molecule has 7 heteroatoms. The average molecular weight is 249 g/mol. The summed E-state index contributed by atoms with van der Waals surface area (Å²) in [5, 5.41) is 6.86. The second kappa shape index (κ2) is 5.09. The Kier molecular flexibility index (Phi) is 3.52. The number of nitrogens with zero attached hydrogens (tertiary/aromatic N) is 4. The number of aromatic nitrogens is 4. The highest BCUT2D eigenvalue weighted by molar-refractivity contribution is 5.91. The molecule has 7 nitrogen and oxygen atoms in total. The molecule has 0 aliphatic rings. The van der Waals surface area contributed by atoms with Gasteiger partial charge in [-0.05, 0) is 19.9 Å². The smallest absolute Gasteiger partial charge is 0.291 e. The quantitative estimate of drug-likeness (QED) is 0.837. The van der Waals surface area contributed by atoms with Crippen LogP contribution in [0.15, 0.2) is 12.3 Å². The van der Waals surface area contributed by atoms with Gasteiger partial charge in [-0.15, -0.1) is 5.10 Å². The number of carbonyl (C=O) groups excluding carboxylic acids is 1. The van der Waals surface area contributed by atoms with Gasteiger partial charge >= 0.3 is 0 Å². The molecule has 2 heterocycles. The van der Waals surface area contributed by atoms with E-state index >= 15 is 0 Å². The lowest BCUT2D eigenvalue weighted by atomic mass is 10.3. The SMILES string of the molecule is COCC(C)NC(=O)c1nc2nccc(C)n2n1. The highest BCUT2D eigenvalue weighted by Crippen LogP contribution is 2.02. The summed E-state index contributed by atoms with van der Waals surface area (Å²) in [5.74, 6) is 0.198. The van der Waals surface area contributed by atoms with E-state index in [1.165, 1.54) is 4.52 Å². The third-order valence-corrected chi connectivity index (χ3v) is 2.43. The Hall–Kier alpha value is -2.02. The lowest BCUT2D eigenvalue weighted by molar-refractivity contribution is 0.0895. The lowest BCUT2D eigenvalue weighted by Crippen LogP contribution is -2.36. The number of ether oxygens (including phenoxy) is 1. The van der Waals surface area contributed by atoms with Gasteiger partial charge in [-0.25, -0.2) is 9.50 Å². The van der Waals surface area contributed by atoms with E-state index in [-0.39, 0.29) is 17.8 Å². The van der Waals surface area contributed by atoms with Crippen molar-refractivity contribution in [3.05, 3.63) is 23.8 Å². The Morgan fingerprint density at radius 3 is 3.06 bits per heavy atom. The molecule has 18 heavy (non-hydrogen) atoms. The number of hydrogen-bond donors (Lipinski definition) is 1. The van der Waals surface area contributed by atoms with E-state index in [2.05, 4.69) is 20.4 Å². The fraction of sp³-hybridized carbons (Fsp3) is 0.455. The standard InChI is InChI=1S/C11H15N5O2/c1-7(6-18-3)13-10(17)9-14-11-12-5-4-8(2)16(11)15-9/h4-5,7H,6H2,1-3H3,(H,13,17). The van der Waals surface area contributed by atoms with Crippen LogP contribution in [0.25, 0.3) is 5.78 Å². The molecule has 2 aromatic rings. The van der Waals surface area contributed by atoms with Crippen LogP contribution in [-0.2, 0) is 4.74 Å². The molecule has 0 aliphatic carbocycles. The Morgan fingerprint density at radius 2 is 2.39 bits per heavy atom. The largest absolute Gasteiger partial charge is 0.383 e. The maximum Gasteiger partial charge on any atom is 0.291 e. The molecule has 1 atom stereocenters. The molecule has 0 fully saturated rings. The predicted molar refractivity (Wildman–Crippen MR) is 64.3 cm³/mol. The first-order valence-electron chi connectivity index (χ1n) is 5.60. The number of amides is 1. The van der Waals surface area contributed by atoms with Crippen LogP contribution in [0.1, 0.15) is 23.2 Å². The zero-order valence-electron chi connectivity index (χ0n) is 10.5. The summed E-state index contributed by atoms with van der Waals surface area (Å²) in [6, 6.07) is 1.71. The molecule has 1 N–H and O–H groups in total. The van der Waals surface area contributed by atoms with Crippen LogP contribution in [0.2, 0.25) is 0 Å². The normalized spacial score (nSPS) is 12.6. The predicted octanol–water partition coefficient (Wildman–Crippen LogP) is 0.197. The zero-order chi connectivity index (χ0) is 13.1. The molecule has 2 aromatic heterocycles. The van der Waals surface area contributed by atoms with Gasteiger partial charge < -0.3 is 10.1 Å². The van der Waals surface area contributed by atoms with E-state index in [1.807, 2.05) is 13.8 Å². The van der Waals surface area contributed by atoms with Crippen LogP contribution in [0, 0.1) is 6.92 Å². The van der Waals surface area contributed by atoms with Gasteiger partial charge in [-0.3, -0.25) is 4.79 Å². The van der Waals surface area contributed by atoms with Gasteiger partial charge in [0.25, 0.3) is 11.7 Å². The highest BCUT2D eigenvalue weighted by Gasteiger charge is 2.16. The molecule has 0 spiro atoms. The number of nitrogens with one attached hydrogen (secondary N) is 1. The molecule has 0 saturated carbocycles. The summed E-state index contributed by atoms with van der Waals surface area (Å²) in [7, 11) is 1.58. The first kappa shape index (κ1) is 12.4. The Morgan fingerprint density at radius 1 is 1.61 bits per heavy atom. The van der Waals surface area contributed by atoms with Gasteiger partial charge in [0.05, 0.1) is 6.61 Å². The first-order chi connectivity index (χ1) is 8.61. The number of fused-ring (bicyclic) bond motifs is 1. The lowest BCUT2D eigenvalue weighted by Gasteiger charge is -2.10. The third kappa shape index (κ3) is 2.45. The Bertz CT molecular complexity index is 566. The number of carbonyl (C=O) groups is 1. The van der Waals surface area contributed by atoms with Crippen LogP contribution in [0.4, 0.5) is 0 Å². The molecule has 96 valence electrons. The Labute approximate surface area is 104 Å². The molecular formula is C11H15N5O2. The monoisotopic (exact) mass is 249 g/mol. The van der Waals surface area contributed by atoms with Gasteiger partial charge in [-0.1, -0.05) is 0 Å². The van der Waals surface area contributed by atoms with Gasteiger partial charge in [0.1, 0.15) is 0 Å². The minimum absolute atomic E-state index is 0.0943. The number of methoxy groups -OCH3 is 1. The van der Waals surface area contributed by atoms with Crippen molar-refractivity contribution in [3.8, 4) is 0 Å². The molecule has 0 aromatic carbocycles. The van der Waals surface area contributed by atoms with E-state index in [0.29, 0.717) is 12.4 Å². The third-order valence-electron chi connectivity index (χ3n) is 2.43. The summed E-state index contributed by atoms with van der Waals surface area (Å²) in [5.41, 5.74) is 0.872. The van der Waals surface area contributed by atoms with Crippen molar-refractivity contribution < 1.29 is 9.53 Å². The molecule has 1 amide bonds. The minimum Gasteiger partial charge on any atom is -0.383 e. The Balaban J connectivity index is 2.21. The number of hydrogen-bond acceptors (Lipinski definition) is 5. The summed E-state index contributed by atoms with van der Waals surface area (Å²) < 4.78 is 6.48. The molecule has 0 aliphatic heterocycles. The van der Waals surface area contributed by atoms with Crippen LogP contribution >= 0.6 is 0 Å². The molecule has 0 bridgehead atoms. The van der Waals surface area contributed by atoms with Crippen molar-refractivity contribution in [3.63, 3.8) is 0 Å². The van der Waals surface area contributed by atoms with Gasteiger partial charge in [0.15, 0.2) is 0 Å². The summed E-state index contributed by atoms with van der Waals surface area (Å²) in [4.78, 5) is 20.0. The molecular weight excluding hydrogens is 234 g/mol.